The van der Waals surface area contributed by atoms with Gasteiger partial charge < -0.3 is 4.90 Å². The molecule has 1 saturated heterocycles. The molecule has 5 nitrogen and oxygen atoms in total. The van der Waals surface area contributed by atoms with E-state index in [1.807, 2.05) is 18.5 Å². The lowest BCUT2D eigenvalue weighted by Gasteiger charge is -2.40. The molecule has 2 aliphatic carbocycles. The zero-order chi connectivity index (χ0) is 13.8. The van der Waals surface area contributed by atoms with Gasteiger partial charge >= 0.3 is 0 Å². The number of nitrogens with zero attached hydrogens (tertiary/aromatic N) is 5. The molecule has 108 valence electrons. The summed E-state index contributed by atoms with van der Waals surface area (Å²) in [6.45, 7) is 2.01. The van der Waals surface area contributed by atoms with Gasteiger partial charge in [-0.05, 0) is 31.7 Å². The molecule has 0 radical (unpaired) electrons. The number of hydrogen-bond donors (Lipinski definition) is 0. The third-order valence-corrected chi connectivity index (χ3v) is 4.77. The quantitative estimate of drug-likeness (QED) is 0.864. The van der Waals surface area contributed by atoms with E-state index in [-0.39, 0.29) is 0 Å². The van der Waals surface area contributed by atoms with Crippen LogP contribution in [-0.4, -0.2) is 32.8 Å². The third-order valence-electron chi connectivity index (χ3n) is 4.77. The second-order valence-corrected chi connectivity index (χ2v) is 6.60. The first-order valence-corrected chi connectivity index (χ1v) is 8.00. The maximum atomic E-state index is 4.83. The largest absolute Gasteiger partial charge is 0.352 e. The van der Waals surface area contributed by atoms with Gasteiger partial charge in [-0.25, -0.2) is 9.97 Å². The first kappa shape index (κ1) is 11.7. The number of hydrogen-bond acceptors (Lipinski definition) is 4. The van der Waals surface area contributed by atoms with Gasteiger partial charge in [-0.15, -0.1) is 0 Å². The van der Waals surface area contributed by atoms with Crippen molar-refractivity contribution in [3.05, 3.63) is 36.0 Å². The van der Waals surface area contributed by atoms with E-state index in [9.17, 15) is 0 Å². The minimum atomic E-state index is 0.490. The second-order valence-electron chi connectivity index (χ2n) is 6.60. The van der Waals surface area contributed by atoms with E-state index < -0.39 is 0 Å². The van der Waals surface area contributed by atoms with Gasteiger partial charge in [0.05, 0.1) is 6.04 Å². The molecule has 0 spiro atoms. The lowest BCUT2D eigenvalue weighted by molar-refractivity contribution is 0.365. The van der Waals surface area contributed by atoms with Gasteiger partial charge in [-0.2, -0.15) is 5.10 Å². The van der Waals surface area contributed by atoms with Crippen LogP contribution in [0.15, 0.2) is 24.5 Å². The molecule has 5 heteroatoms. The molecule has 3 heterocycles. The predicted molar refractivity (Wildman–Crippen MR) is 79.5 cm³/mol. The van der Waals surface area contributed by atoms with Crippen LogP contribution in [0.1, 0.15) is 55.1 Å². The van der Waals surface area contributed by atoms with Crippen molar-refractivity contribution in [1.82, 2.24) is 19.7 Å². The predicted octanol–water partition coefficient (Wildman–Crippen LogP) is 2.49. The minimum absolute atomic E-state index is 0.490. The summed E-state index contributed by atoms with van der Waals surface area (Å²) in [5, 5.41) is 4.34. The van der Waals surface area contributed by atoms with E-state index in [1.165, 1.54) is 31.4 Å². The van der Waals surface area contributed by atoms with Crippen molar-refractivity contribution in [3.8, 4) is 0 Å². The highest BCUT2D eigenvalue weighted by atomic mass is 15.4. The van der Waals surface area contributed by atoms with Gasteiger partial charge in [-0.3, -0.25) is 4.68 Å². The minimum Gasteiger partial charge on any atom is -0.352 e. The summed E-state index contributed by atoms with van der Waals surface area (Å²) < 4.78 is 2.06. The van der Waals surface area contributed by atoms with Gasteiger partial charge in [0, 0.05) is 49.1 Å². The molecular formula is C16H19N5. The van der Waals surface area contributed by atoms with Gasteiger partial charge in [-0.1, -0.05) is 0 Å². The summed E-state index contributed by atoms with van der Waals surface area (Å²) in [7, 11) is 0. The van der Waals surface area contributed by atoms with E-state index in [2.05, 4.69) is 20.7 Å². The highest BCUT2D eigenvalue weighted by Crippen LogP contribution is 2.43. The average Bonchev–Trinajstić information content (AvgIpc) is 3.36. The van der Waals surface area contributed by atoms with Gasteiger partial charge in [0.1, 0.15) is 11.6 Å². The van der Waals surface area contributed by atoms with Crippen LogP contribution in [0.5, 0.6) is 0 Å². The molecule has 0 bridgehead atoms. The molecule has 5 rings (SSSR count). The number of anilines is 1. The molecule has 0 unspecified atom stereocenters. The molecule has 21 heavy (non-hydrogen) atoms. The molecule has 1 aliphatic heterocycles. The molecule has 2 saturated carbocycles. The van der Waals surface area contributed by atoms with Gasteiger partial charge in [0.15, 0.2) is 0 Å². The van der Waals surface area contributed by atoms with Crippen molar-refractivity contribution in [2.24, 2.45) is 0 Å². The monoisotopic (exact) mass is 281 g/mol. The Balaban J connectivity index is 1.39. The molecule has 2 aromatic heterocycles. The van der Waals surface area contributed by atoms with Crippen LogP contribution in [0.4, 0.5) is 5.82 Å². The van der Waals surface area contributed by atoms with E-state index in [0.717, 1.165) is 24.7 Å². The molecule has 2 aromatic rings. The van der Waals surface area contributed by atoms with E-state index in [1.54, 1.807) is 0 Å². The van der Waals surface area contributed by atoms with Crippen LogP contribution in [0, 0.1) is 0 Å². The fourth-order valence-corrected chi connectivity index (χ4v) is 3.05. The fourth-order valence-electron chi connectivity index (χ4n) is 3.05. The van der Waals surface area contributed by atoms with Crippen LogP contribution in [0.3, 0.4) is 0 Å². The molecule has 0 aromatic carbocycles. The number of rotatable bonds is 4. The SMILES string of the molecule is c1cnn(C2CN(c3cc(C4CC4)nc(C4CC4)n3)C2)c1. The first-order valence-electron chi connectivity index (χ1n) is 8.00. The van der Waals surface area contributed by atoms with E-state index in [0.29, 0.717) is 17.9 Å². The summed E-state index contributed by atoms with van der Waals surface area (Å²) in [5.74, 6) is 3.56. The first-order chi connectivity index (χ1) is 10.4. The lowest BCUT2D eigenvalue weighted by atomic mass is 10.1. The van der Waals surface area contributed by atoms with E-state index >= 15 is 0 Å². The molecule has 0 atom stereocenters. The maximum Gasteiger partial charge on any atom is 0.134 e. The Morgan fingerprint density at radius 1 is 1.00 bits per heavy atom. The highest BCUT2D eigenvalue weighted by molar-refractivity contribution is 5.45. The van der Waals surface area contributed by atoms with Crippen molar-refractivity contribution in [2.75, 3.05) is 18.0 Å². The molecule has 0 N–H and O–H groups in total. The fraction of sp³-hybridized carbons (Fsp3) is 0.562. The summed E-state index contributed by atoms with van der Waals surface area (Å²) in [5.41, 5.74) is 1.28. The topological polar surface area (TPSA) is 46.8 Å². The molecule has 0 amide bonds. The lowest BCUT2D eigenvalue weighted by Crippen LogP contribution is -2.48. The Kier molecular flexibility index (Phi) is 2.39. The Morgan fingerprint density at radius 2 is 1.81 bits per heavy atom. The highest BCUT2D eigenvalue weighted by Gasteiger charge is 2.34. The maximum absolute atomic E-state index is 4.83. The van der Waals surface area contributed by atoms with Crippen LogP contribution >= 0.6 is 0 Å². The van der Waals surface area contributed by atoms with E-state index in [4.69, 9.17) is 9.97 Å². The normalized spacial score (nSPS) is 22.4. The Hall–Kier alpha value is -1.91. The van der Waals surface area contributed by atoms with Crippen LogP contribution < -0.4 is 4.90 Å². The summed E-state index contributed by atoms with van der Waals surface area (Å²) in [6.07, 6.45) is 9.04. The van der Waals surface area contributed by atoms with Crippen LogP contribution in [0.2, 0.25) is 0 Å². The van der Waals surface area contributed by atoms with Crippen molar-refractivity contribution in [1.29, 1.82) is 0 Å². The second kappa shape index (κ2) is 4.29. The van der Waals surface area contributed by atoms with Crippen molar-refractivity contribution in [2.45, 2.75) is 43.6 Å². The Bertz CT molecular complexity index is 621. The molecule has 3 fully saturated rings. The smallest absolute Gasteiger partial charge is 0.134 e. The van der Waals surface area contributed by atoms with Gasteiger partial charge in [0.2, 0.25) is 0 Å². The summed E-state index contributed by atoms with van der Waals surface area (Å²) >= 11 is 0. The average molecular weight is 281 g/mol. The van der Waals surface area contributed by atoms with Crippen molar-refractivity contribution < 1.29 is 0 Å². The standard InChI is InChI=1S/C16H19N5/c1-6-17-21(7-1)13-9-20(10-13)15-8-14(11-2-3-11)18-16(19-15)12-4-5-12/h1,6-8,11-13H,2-5,9-10H2. The zero-order valence-electron chi connectivity index (χ0n) is 12.0. The number of aromatic nitrogens is 4. The summed E-state index contributed by atoms with van der Waals surface area (Å²) in [4.78, 5) is 12.0. The molecule has 3 aliphatic rings. The Labute approximate surface area is 124 Å². The van der Waals surface area contributed by atoms with Crippen molar-refractivity contribution >= 4 is 5.82 Å². The third kappa shape index (κ3) is 2.11. The van der Waals surface area contributed by atoms with Crippen LogP contribution in [0.25, 0.3) is 0 Å². The van der Waals surface area contributed by atoms with Crippen LogP contribution in [-0.2, 0) is 0 Å². The molecular weight excluding hydrogens is 262 g/mol. The van der Waals surface area contributed by atoms with Crippen molar-refractivity contribution in [3.63, 3.8) is 0 Å². The zero-order valence-corrected chi connectivity index (χ0v) is 12.0. The Morgan fingerprint density at radius 3 is 2.48 bits per heavy atom. The van der Waals surface area contributed by atoms with Gasteiger partial charge in [0.25, 0.3) is 0 Å². The summed E-state index contributed by atoms with van der Waals surface area (Å²) in [6, 6.07) is 4.70.